The van der Waals surface area contributed by atoms with Crippen LogP contribution in [0.25, 0.3) is 0 Å². The summed E-state index contributed by atoms with van der Waals surface area (Å²) in [5.41, 5.74) is 0.834. The van der Waals surface area contributed by atoms with Crippen molar-refractivity contribution in [2.75, 3.05) is 46.2 Å². The normalized spacial score (nSPS) is 16.0. The molecular weight excluding hydrogens is 332 g/mol. The fourth-order valence-corrected chi connectivity index (χ4v) is 3.76. The minimum Gasteiger partial charge on any atom is -0.493 e. The number of carbonyl (C=O) groups excluding carboxylic acids is 1. The summed E-state index contributed by atoms with van der Waals surface area (Å²) in [6.45, 7) is 3.18. The van der Waals surface area contributed by atoms with Crippen LogP contribution < -0.4 is 9.47 Å². The molecule has 1 aromatic carbocycles. The van der Waals surface area contributed by atoms with Crippen LogP contribution in [0.3, 0.4) is 0 Å². The van der Waals surface area contributed by atoms with Gasteiger partial charge in [0.15, 0.2) is 11.5 Å². The maximum Gasteiger partial charge on any atom is 0.227 e. The first-order chi connectivity index (χ1) is 11.4. The van der Waals surface area contributed by atoms with Gasteiger partial charge in [0, 0.05) is 26.2 Å². The number of amides is 1. The van der Waals surface area contributed by atoms with Gasteiger partial charge in [-0.15, -0.1) is 0 Å². The van der Waals surface area contributed by atoms with Crippen LogP contribution in [0.15, 0.2) is 18.2 Å². The van der Waals surface area contributed by atoms with E-state index in [1.807, 2.05) is 6.07 Å². The fraction of sp³-hybridized carbons (Fsp3) is 0.562. The molecule has 0 spiro atoms. The highest BCUT2D eigenvalue weighted by Crippen LogP contribution is 2.27. The lowest BCUT2D eigenvalue weighted by atomic mass is 10.1. The third-order valence-electron chi connectivity index (χ3n) is 4.15. The number of rotatable bonds is 6. The minimum atomic E-state index is -3.18. The molecule has 0 aliphatic carbocycles. The Morgan fingerprint density at radius 1 is 1.08 bits per heavy atom. The predicted octanol–water partition coefficient (Wildman–Crippen LogP) is 0.740. The van der Waals surface area contributed by atoms with Crippen molar-refractivity contribution >= 4 is 15.9 Å². The van der Waals surface area contributed by atoms with E-state index in [0.29, 0.717) is 37.7 Å². The van der Waals surface area contributed by atoms with Gasteiger partial charge in [-0.05, 0) is 24.6 Å². The van der Waals surface area contributed by atoms with Crippen LogP contribution in [0.2, 0.25) is 0 Å². The van der Waals surface area contributed by atoms with E-state index in [1.54, 1.807) is 38.2 Å². The molecule has 0 aromatic heterocycles. The van der Waals surface area contributed by atoms with Crippen molar-refractivity contribution in [1.82, 2.24) is 9.21 Å². The molecule has 2 rings (SSSR count). The Bertz CT molecular complexity index is 682. The van der Waals surface area contributed by atoms with Gasteiger partial charge >= 0.3 is 0 Å². The Balaban J connectivity index is 1.97. The van der Waals surface area contributed by atoms with Gasteiger partial charge in [-0.3, -0.25) is 4.79 Å². The maximum absolute atomic E-state index is 12.4. The number of nitrogens with zero attached hydrogens (tertiary/aromatic N) is 2. The van der Waals surface area contributed by atoms with Crippen molar-refractivity contribution in [3.63, 3.8) is 0 Å². The van der Waals surface area contributed by atoms with Gasteiger partial charge in [-0.2, -0.15) is 4.31 Å². The Labute approximate surface area is 143 Å². The Morgan fingerprint density at radius 2 is 1.71 bits per heavy atom. The molecule has 7 nitrogen and oxygen atoms in total. The highest BCUT2D eigenvalue weighted by molar-refractivity contribution is 7.89. The SMILES string of the molecule is CCS(=O)(=O)N1CCN(C(=O)Cc2ccc(OC)c(OC)c2)CC1. The molecule has 1 saturated heterocycles. The predicted molar refractivity (Wildman–Crippen MR) is 90.9 cm³/mol. The average Bonchev–Trinajstić information content (AvgIpc) is 2.61. The van der Waals surface area contributed by atoms with Crippen molar-refractivity contribution in [3.8, 4) is 11.5 Å². The first-order valence-electron chi connectivity index (χ1n) is 7.87. The molecule has 1 aliphatic heterocycles. The highest BCUT2D eigenvalue weighted by Gasteiger charge is 2.27. The zero-order valence-electron chi connectivity index (χ0n) is 14.3. The second-order valence-corrected chi connectivity index (χ2v) is 7.80. The summed E-state index contributed by atoms with van der Waals surface area (Å²) < 4.78 is 35.6. The van der Waals surface area contributed by atoms with Crippen molar-refractivity contribution in [2.24, 2.45) is 0 Å². The standard InChI is InChI=1S/C16H24N2O5S/c1-4-24(20,21)18-9-7-17(8-10-18)16(19)12-13-5-6-14(22-2)15(11-13)23-3/h5-6,11H,4,7-10,12H2,1-3H3. The summed E-state index contributed by atoms with van der Waals surface area (Å²) in [5, 5.41) is 0. The number of methoxy groups -OCH3 is 2. The second-order valence-electron chi connectivity index (χ2n) is 5.55. The fourth-order valence-electron chi connectivity index (χ4n) is 2.68. The van der Waals surface area contributed by atoms with Crippen LogP contribution in [-0.4, -0.2) is 69.7 Å². The lowest BCUT2D eigenvalue weighted by Gasteiger charge is -2.33. The van der Waals surface area contributed by atoms with Crippen LogP contribution in [0.5, 0.6) is 11.5 Å². The molecule has 0 saturated carbocycles. The Morgan fingerprint density at radius 3 is 2.25 bits per heavy atom. The summed E-state index contributed by atoms with van der Waals surface area (Å²) in [6.07, 6.45) is 0.251. The topological polar surface area (TPSA) is 76.2 Å². The zero-order valence-corrected chi connectivity index (χ0v) is 15.1. The number of piperazine rings is 1. The molecule has 1 aliphatic rings. The van der Waals surface area contributed by atoms with E-state index in [4.69, 9.17) is 9.47 Å². The number of hydrogen-bond donors (Lipinski definition) is 0. The number of benzene rings is 1. The quantitative estimate of drug-likeness (QED) is 0.751. The summed E-state index contributed by atoms with van der Waals surface area (Å²) in [7, 11) is -0.0666. The van der Waals surface area contributed by atoms with Crippen LogP contribution >= 0.6 is 0 Å². The van der Waals surface area contributed by atoms with Gasteiger partial charge < -0.3 is 14.4 Å². The van der Waals surface area contributed by atoms with E-state index >= 15 is 0 Å². The molecule has 1 fully saturated rings. The summed E-state index contributed by atoms with van der Waals surface area (Å²) in [4.78, 5) is 14.1. The van der Waals surface area contributed by atoms with E-state index in [9.17, 15) is 13.2 Å². The number of ether oxygens (including phenoxy) is 2. The van der Waals surface area contributed by atoms with Crippen molar-refractivity contribution in [2.45, 2.75) is 13.3 Å². The second kappa shape index (κ2) is 7.85. The van der Waals surface area contributed by atoms with Gasteiger partial charge in [0.25, 0.3) is 0 Å². The third-order valence-corrected chi connectivity index (χ3v) is 6.03. The van der Waals surface area contributed by atoms with E-state index in [-0.39, 0.29) is 18.1 Å². The largest absolute Gasteiger partial charge is 0.493 e. The van der Waals surface area contributed by atoms with Gasteiger partial charge in [-0.25, -0.2) is 8.42 Å². The van der Waals surface area contributed by atoms with Crippen molar-refractivity contribution < 1.29 is 22.7 Å². The monoisotopic (exact) mass is 356 g/mol. The van der Waals surface area contributed by atoms with Gasteiger partial charge in [0.1, 0.15) is 0 Å². The number of carbonyl (C=O) groups is 1. The summed E-state index contributed by atoms with van der Waals surface area (Å²) in [6, 6.07) is 5.39. The van der Waals surface area contributed by atoms with Gasteiger partial charge in [-0.1, -0.05) is 6.07 Å². The van der Waals surface area contributed by atoms with Gasteiger partial charge in [0.05, 0.1) is 26.4 Å². The summed E-state index contributed by atoms with van der Waals surface area (Å²) >= 11 is 0. The molecular formula is C16H24N2O5S. The van der Waals surface area contributed by atoms with Crippen LogP contribution in [0.4, 0.5) is 0 Å². The molecule has 134 valence electrons. The first kappa shape index (κ1) is 18.5. The first-order valence-corrected chi connectivity index (χ1v) is 9.48. The van der Waals surface area contributed by atoms with E-state index in [1.165, 1.54) is 4.31 Å². The third kappa shape index (κ3) is 4.18. The molecule has 0 radical (unpaired) electrons. The molecule has 8 heteroatoms. The Hall–Kier alpha value is -1.80. The maximum atomic E-state index is 12.4. The average molecular weight is 356 g/mol. The molecule has 24 heavy (non-hydrogen) atoms. The lowest BCUT2D eigenvalue weighted by molar-refractivity contribution is -0.131. The molecule has 0 bridgehead atoms. The van der Waals surface area contributed by atoms with Crippen molar-refractivity contribution in [3.05, 3.63) is 23.8 Å². The van der Waals surface area contributed by atoms with E-state index < -0.39 is 10.0 Å². The van der Waals surface area contributed by atoms with Crippen LogP contribution in [-0.2, 0) is 21.2 Å². The van der Waals surface area contributed by atoms with E-state index in [0.717, 1.165) is 5.56 Å². The smallest absolute Gasteiger partial charge is 0.227 e. The van der Waals surface area contributed by atoms with Crippen molar-refractivity contribution in [1.29, 1.82) is 0 Å². The lowest BCUT2D eigenvalue weighted by Crippen LogP contribution is -2.51. The molecule has 1 amide bonds. The molecule has 0 N–H and O–H groups in total. The summed E-state index contributed by atoms with van der Waals surface area (Å²) in [5.74, 6) is 1.27. The minimum absolute atomic E-state index is 0.0178. The Kier molecular flexibility index (Phi) is 6.06. The highest BCUT2D eigenvalue weighted by atomic mass is 32.2. The van der Waals surface area contributed by atoms with Crippen LogP contribution in [0.1, 0.15) is 12.5 Å². The van der Waals surface area contributed by atoms with E-state index in [2.05, 4.69) is 0 Å². The number of hydrogen-bond acceptors (Lipinski definition) is 5. The zero-order chi connectivity index (χ0) is 17.7. The molecule has 0 unspecified atom stereocenters. The molecule has 1 aromatic rings. The van der Waals surface area contributed by atoms with Crippen LogP contribution in [0, 0.1) is 0 Å². The molecule has 1 heterocycles. The number of sulfonamides is 1. The molecule has 0 atom stereocenters. The van der Waals surface area contributed by atoms with Gasteiger partial charge in [0.2, 0.25) is 15.9 Å².